The topological polar surface area (TPSA) is 63.2 Å². The standard InChI is InChI=1S/C19H23ClFN3O2/c1-19(2,3)18-14(20)8-13(10-24-18)26-11-17(25)23-9-12-5-6-16(22-4)15(21)7-12/h5-8,10,22H,9,11H2,1-4H3,(H,23,25). The van der Waals surface area contributed by atoms with Crippen LogP contribution < -0.4 is 15.4 Å². The Morgan fingerprint density at radius 1 is 1.31 bits per heavy atom. The molecule has 1 amide bonds. The van der Waals surface area contributed by atoms with E-state index in [0.29, 0.717) is 22.0 Å². The molecule has 0 atom stereocenters. The van der Waals surface area contributed by atoms with Gasteiger partial charge in [0.25, 0.3) is 5.91 Å². The van der Waals surface area contributed by atoms with Gasteiger partial charge < -0.3 is 15.4 Å². The van der Waals surface area contributed by atoms with E-state index in [-0.39, 0.29) is 30.3 Å². The maximum Gasteiger partial charge on any atom is 0.258 e. The van der Waals surface area contributed by atoms with Gasteiger partial charge in [-0.2, -0.15) is 0 Å². The number of ether oxygens (including phenoxy) is 1. The van der Waals surface area contributed by atoms with Crippen LogP contribution >= 0.6 is 11.6 Å². The van der Waals surface area contributed by atoms with Crippen molar-refractivity contribution in [2.45, 2.75) is 32.7 Å². The van der Waals surface area contributed by atoms with Gasteiger partial charge in [0, 0.05) is 25.1 Å². The van der Waals surface area contributed by atoms with Gasteiger partial charge in [-0.05, 0) is 17.7 Å². The zero-order valence-electron chi connectivity index (χ0n) is 15.3. The number of benzene rings is 1. The Balaban J connectivity index is 1.87. The molecule has 0 bridgehead atoms. The number of anilines is 1. The highest BCUT2D eigenvalue weighted by molar-refractivity contribution is 6.31. The van der Waals surface area contributed by atoms with Gasteiger partial charge >= 0.3 is 0 Å². The smallest absolute Gasteiger partial charge is 0.258 e. The SMILES string of the molecule is CNc1ccc(CNC(=O)COc2cnc(C(C)(C)C)c(Cl)c2)cc1F. The molecular formula is C19H23ClFN3O2. The molecule has 5 nitrogen and oxygen atoms in total. The second-order valence-corrected chi connectivity index (χ2v) is 7.29. The number of hydrogen-bond acceptors (Lipinski definition) is 4. The molecule has 0 spiro atoms. The molecule has 0 radical (unpaired) electrons. The average Bonchev–Trinajstić information content (AvgIpc) is 2.57. The Morgan fingerprint density at radius 2 is 2.04 bits per heavy atom. The van der Waals surface area contributed by atoms with Crippen LogP contribution in [0.1, 0.15) is 32.0 Å². The fourth-order valence-corrected chi connectivity index (χ4v) is 2.76. The lowest BCUT2D eigenvalue weighted by atomic mass is 9.91. The van der Waals surface area contributed by atoms with Gasteiger partial charge in [-0.15, -0.1) is 0 Å². The Hall–Kier alpha value is -2.34. The van der Waals surface area contributed by atoms with Crippen molar-refractivity contribution in [3.8, 4) is 5.75 Å². The number of nitrogens with one attached hydrogen (secondary N) is 2. The molecule has 2 aromatic rings. The van der Waals surface area contributed by atoms with Gasteiger partial charge in [-0.25, -0.2) is 4.39 Å². The summed E-state index contributed by atoms with van der Waals surface area (Å²) in [6.07, 6.45) is 1.55. The number of hydrogen-bond donors (Lipinski definition) is 2. The van der Waals surface area contributed by atoms with E-state index in [9.17, 15) is 9.18 Å². The number of aromatic nitrogens is 1. The zero-order valence-corrected chi connectivity index (χ0v) is 16.1. The third kappa shape index (κ3) is 5.33. The number of rotatable bonds is 6. The number of carbonyl (C=O) groups is 1. The summed E-state index contributed by atoms with van der Waals surface area (Å²) in [7, 11) is 1.65. The van der Waals surface area contributed by atoms with E-state index in [1.54, 1.807) is 31.4 Å². The van der Waals surface area contributed by atoms with Crippen LogP contribution in [0.25, 0.3) is 0 Å². The summed E-state index contributed by atoms with van der Waals surface area (Å²) in [5.41, 5.74) is 1.66. The second-order valence-electron chi connectivity index (χ2n) is 6.88. The van der Waals surface area contributed by atoms with E-state index in [2.05, 4.69) is 15.6 Å². The van der Waals surface area contributed by atoms with Crippen LogP contribution in [-0.4, -0.2) is 24.5 Å². The molecule has 7 heteroatoms. The fourth-order valence-electron chi connectivity index (χ4n) is 2.32. The molecule has 2 N–H and O–H groups in total. The number of pyridine rings is 1. The Morgan fingerprint density at radius 3 is 2.62 bits per heavy atom. The lowest BCUT2D eigenvalue weighted by Gasteiger charge is -2.19. The molecule has 2 rings (SSSR count). The summed E-state index contributed by atoms with van der Waals surface area (Å²) in [6, 6.07) is 6.39. The van der Waals surface area contributed by atoms with Crippen LogP contribution in [-0.2, 0) is 16.8 Å². The van der Waals surface area contributed by atoms with Crippen molar-refractivity contribution in [1.29, 1.82) is 0 Å². The summed E-state index contributed by atoms with van der Waals surface area (Å²) in [4.78, 5) is 16.2. The van der Waals surface area contributed by atoms with Crippen molar-refractivity contribution in [1.82, 2.24) is 10.3 Å². The summed E-state index contributed by atoms with van der Waals surface area (Å²) < 4.78 is 19.1. The van der Waals surface area contributed by atoms with E-state index in [4.69, 9.17) is 16.3 Å². The second kappa shape index (κ2) is 8.36. The van der Waals surface area contributed by atoms with Gasteiger partial charge in [0.05, 0.1) is 22.6 Å². The van der Waals surface area contributed by atoms with Gasteiger partial charge in [0.2, 0.25) is 0 Å². The Kier molecular flexibility index (Phi) is 6.42. The quantitative estimate of drug-likeness (QED) is 0.798. The molecule has 0 saturated heterocycles. The minimum Gasteiger partial charge on any atom is -0.482 e. The van der Waals surface area contributed by atoms with E-state index in [0.717, 1.165) is 5.69 Å². The third-order valence-corrected chi connectivity index (χ3v) is 3.98. The van der Waals surface area contributed by atoms with E-state index in [1.165, 1.54) is 6.07 Å². The summed E-state index contributed by atoms with van der Waals surface area (Å²) in [6.45, 7) is 6.08. The average molecular weight is 380 g/mol. The minimum atomic E-state index is -0.366. The van der Waals surface area contributed by atoms with Gasteiger partial charge in [-0.1, -0.05) is 38.4 Å². The first-order chi connectivity index (χ1) is 12.2. The van der Waals surface area contributed by atoms with Crippen molar-refractivity contribution in [3.05, 3.63) is 52.6 Å². The first kappa shape index (κ1) is 20.0. The number of carbonyl (C=O) groups excluding carboxylic acids is 1. The predicted molar refractivity (Wildman–Crippen MR) is 101 cm³/mol. The van der Waals surface area contributed by atoms with Crippen molar-refractivity contribution < 1.29 is 13.9 Å². The summed E-state index contributed by atoms with van der Waals surface area (Å²) >= 11 is 6.23. The van der Waals surface area contributed by atoms with Crippen LogP contribution in [0.5, 0.6) is 5.75 Å². The monoisotopic (exact) mass is 379 g/mol. The van der Waals surface area contributed by atoms with Gasteiger partial charge in [-0.3, -0.25) is 9.78 Å². The Bertz CT molecular complexity index is 791. The molecule has 0 aliphatic rings. The lowest BCUT2D eigenvalue weighted by Crippen LogP contribution is -2.28. The molecule has 26 heavy (non-hydrogen) atoms. The minimum absolute atomic E-state index is 0.175. The van der Waals surface area contributed by atoms with E-state index < -0.39 is 0 Å². The van der Waals surface area contributed by atoms with Crippen LogP contribution in [0.15, 0.2) is 30.5 Å². The summed E-state index contributed by atoms with van der Waals surface area (Å²) in [5.74, 6) is -0.267. The molecule has 0 unspecified atom stereocenters. The molecule has 140 valence electrons. The highest BCUT2D eigenvalue weighted by Gasteiger charge is 2.19. The van der Waals surface area contributed by atoms with Crippen molar-refractivity contribution >= 4 is 23.2 Å². The van der Waals surface area contributed by atoms with Crippen LogP contribution in [0.4, 0.5) is 10.1 Å². The van der Waals surface area contributed by atoms with Crippen LogP contribution in [0.2, 0.25) is 5.02 Å². The lowest BCUT2D eigenvalue weighted by molar-refractivity contribution is -0.123. The molecule has 1 heterocycles. The van der Waals surface area contributed by atoms with Crippen molar-refractivity contribution in [2.24, 2.45) is 0 Å². The molecular weight excluding hydrogens is 357 g/mol. The normalized spacial score (nSPS) is 11.2. The molecule has 0 aliphatic heterocycles. The van der Waals surface area contributed by atoms with Gasteiger partial charge in [0.1, 0.15) is 11.6 Å². The summed E-state index contributed by atoms with van der Waals surface area (Å²) in [5, 5.41) is 5.92. The third-order valence-electron chi connectivity index (χ3n) is 3.69. The fraction of sp³-hybridized carbons (Fsp3) is 0.368. The number of amides is 1. The van der Waals surface area contributed by atoms with E-state index >= 15 is 0 Å². The van der Waals surface area contributed by atoms with Gasteiger partial charge in [0.15, 0.2) is 6.61 Å². The number of halogens is 2. The van der Waals surface area contributed by atoms with Crippen molar-refractivity contribution in [2.75, 3.05) is 19.0 Å². The largest absolute Gasteiger partial charge is 0.482 e. The first-order valence-corrected chi connectivity index (χ1v) is 8.60. The first-order valence-electron chi connectivity index (χ1n) is 8.22. The zero-order chi connectivity index (χ0) is 19.3. The van der Waals surface area contributed by atoms with Crippen LogP contribution in [0, 0.1) is 5.82 Å². The molecule has 0 fully saturated rings. The highest BCUT2D eigenvalue weighted by atomic mass is 35.5. The molecule has 1 aromatic carbocycles. The predicted octanol–water partition coefficient (Wildman–Crippen LogP) is 3.91. The maximum atomic E-state index is 13.7. The molecule has 0 aliphatic carbocycles. The van der Waals surface area contributed by atoms with Crippen molar-refractivity contribution in [3.63, 3.8) is 0 Å². The number of nitrogens with zero attached hydrogens (tertiary/aromatic N) is 1. The molecule has 0 saturated carbocycles. The Labute approximate surface area is 157 Å². The molecule has 1 aromatic heterocycles. The maximum absolute atomic E-state index is 13.7. The highest BCUT2D eigenvalue weighted by Crippen LogP contribution is 2.29. The van der Waals surface area contributed by atoms with Crippen LogP contribution in [0.3, 0.4) is 0 Å². The van der Waals surface area contributed by atoms with E-state index in [1.807, 2.05) is 20.8 Å².